The van der Waals surface area contributed by atoms with Crippen LogP contribution in [0.3, 0.4) is 0 Å². The molecule has 3 aromatic carbocycles. The predicted molar refractivity (Wildman–Crippen MR) is 123 cm³/mol. The molecule has 6 nitrogen and oxygen atoms in total. The minimum Gasteiger partial charge on any atom is -0.480 e. The van der Waals surface area contributed by atoms with E-state index in [0.29, 0.717) is 10.2 Å². The minimum absolute atomic E-state index is 0.107. The Morgan fingerprint density at radius 3 is 2.03 bits per heavy atom. The summed E-state index contributed by atoms with van der Waals surface area (Å²) in [6.45, 7) is 0. The Bertz CT molecular complexity index is 1320. The van der Waals surface area contributed by atoms with Gasteiger partial charge in [-0.2, -0.15) is 18.3 Å². The quantitative estimate of drug-likeness (QED) is 0.392. The molecule has 0 aliphatic rings. The van der Waals surface area contributed by atoms with E-state index in [1.807, 2.05) is 42.5 Å². The van der Waals surface area contributed by atoms with E-state index < -0.39 is 35.4 Å². The monoisotopic (exact) mass is 479 g/mol. The van der Waals surface area contributed by atoms with Gasteiger partial charge in [0, 0.05) is 6.42 Å². The zero-order valence-corrected chi connectivity index (χ0v) is 18.2. The number of carbonyl (C=O) groups is 2. The van der Waals surface area contributed by atoms with E-state index in [1.165, 1.54) is 12.1 Å². The van der Waals surface area contributed by atoms with E-state index in [9.17, 15) is 27.9 Å². The molecular formula is C26H20F3N3O3. The van der Waals surface area contributed by atoms with E-state index in [2.05, 4.69) is 10.4 Å². The van der Waals surface area contributed by atoms with Gasteiger partial charge in [-0.1, -0.05) is 72.8 Å². The Hall–Kier alpha value is -4.40. The number of aromatic nitrogens is 2. The van der Waals surface area contributed by atoms with Gasteiger partial charge >= 0.3 is 12.1 Å². The van der Waals surface area contributed by atoms with Gasteiger partial charge in [0.05, 0.1) is 17.4 Å². The number of hydrogen-bond acceptors (Lipinski definition) is 3. The van der Waals surface area contributed by atoms with Crippen molar-refractivity contribution in [3.8, 4) is 16.8 Å². The summed E-state index contributed by atoms with van der Waals surface area (Å²) in [5.74, 6) is -2.54. The van der Waals surface area contributed by atoms with E-state index >= 15 is 0 Å². The molecule has 0 aliphatic carbocycles. The Labute approximate surface area is 198 Å². The van der Waals surface area contributed by atoms with Crippen LogP contribution in [0.5, 0.6) is 0 Å². The van der Waals surface area contributed by atoms with Crippen LogP contribution in [0.25, 0.3) is 16.8 Å². The van der Waals surface area contributed by atoms with Gasteiger partial charge in [-0.3, -0.25) is 4.79 Å². The maximum absolute atomic E-state index is 13.9. The smallest absolute Gasteiger partial charge is 0.434 e. The van der Waals surface area contributed by atoms with Crippen molar-refractivity contribution in [2.24, 2.45) is 0 Å². The molecule has 0 aliphatic heterocycles. The van der Waals surface area contributed by atoms with Crippen LogP contribution in [0.4, 0.5) is 13.2 Å². The Morgan fingerprint density at radius 2 is 1.46 bits per heavy atom. The van der Waals surface area contributed by atoms with E-state index in [4.69, 9.17) is 0 Å². The molecule has 1 atom stereocenters. The molecule has 0 spiro atoms. The van der Waals surface area contributed by atoms with Gasteiger partial charge in [0.15, 0.2) is 5.69 Å². The molecule has 178 valence electrons. The topological polar surface area (TPSA) is 84.2 Å². The molecule has 0 bridgehead atoms. The first-order chi connectivity index (χ1) is 16.7. The lowest BCUT2D eigenvalue weighted by Gasteiger charge is -2.16. The molecule has 0 saturated heterocycles. The third-order valence-electron chi connectivity index (χ3n) is 5.39. The van der Waals surface area contributed by atoms with Crippen LogP contribution in [0.15, 0.2) is 91.1 Å². The van der Waals surface area contributed by atoms with Crippen molar-refractivity contribution in [3.63, 3.8) is 0 Å². The summed E-state index contributed by atoms with van der Waals surface area (Å²) < 4.78 is 42.2. The van der Waals surface area contributed by atoms with Crippen molar-refractivity contribution in [2.45, 2.75) is 18.6 Å². The highest BCUT2D eigenvalue weighted by molar-refractivity contribution is 5.97. The first-order valence-corrected chi connectivity index (χ1v) is 10.6. The summed E-state index contributed by atoms with van der Waals surface area (Å²) in [7, 11) is 0. The first kappa shape index (κ1) is 23.7. The maximum Gasteiger partial charge on any atom is 0.434 e. The second-order valence-electron chi connectivity index (χ2n) is 7.78. The summed E-state index contributed by atoms with van der Waals surface area (Å²) in [5.41, 5.74) is 0.593. The molecule has 2 N–H and O–H groups in total. The fraction of sp³-hybridized carbons (Fsp3) is 0.115. The van der Waals surface area contributed by atoms with Gasteiger partial charge in [-0.25, -0.2) is 9.48 Å². The fourth-order valence-electron chi connectivity index (χ4n) is 3.69. The number of carbonyl (C=O) groups excluding carboxylic acids is 1. The van der Waals surface area contributed by atoms with Crippen molar-refractivity contribution in [3.05, 3.63) is 108 Å². The third-order valence-corrected chi connectivity index (χ3v) is 5.39. The summed E-state index contributed by atoms with van der Waals surface area (Å²) in [5, 5.41) is 15.6. The van der Waals surface area contributed by atoms with Crippen LogP contribution in [0.1, 0.15) is 21.6 Å². The summed E-state index contributed by atoms with van der Waals surface area (Å²) >= 11 is 0. The fourth-order valence-corrected chi connectivity index (χ4v) is 3.69. The molecular weight excluding hydrogens is 459 g/mol. The minimum atomic E-state index is -4.90. The number of halogens is 3. The third kappa shape index (κ3) is 5.40. The number of carboxylic acids is 1. The SMILES string of the molecule is O=C(N[C@@H](Cc1ccc(-c2ccccc2)cc1)C(=O)O)c1cnn(-c2ccccc2)c1C(F)(F)F. The van der Waals surface area contributed by atoms with Crippen LogP contribution in [0, 0.1) is 0 Å². The molecule has 1 heterocycles. The van der Waals surface area contributed by atoms with Crippen molar-refractivity contribution < 1.29 is 27.9 Å². The molecule has 0 radical (unpaired) electrons. The van der Waals surface area contributed by atoms with Crippen molar-refractivity contribution in [1.82, 2.24) is 15.1 Å². The number of nitrogens with zero attached hydrogens (tertiary/aromatic N) is 2. The largest absolute Gasteiger partial charge is 0.480 e. The average molecular weight is 479 g/mol. The van der Waals surface area contributed by atoms with Crippen molar-refractivity contribution in [1.29, 1.82) is 0 Å². The molecule has 4 aromatic rings. The lowest BCUT2D eigenvalue weighted by Crippen LogP contribution is -2.42. The molecule has 0 saturated carbocycles. The molecule has 0 fully saturated rings. The number of rotatable bonds is 7. The number of nitrogens with one attached hydrogen (secondary N) is 1. The van der Waals surface area contributed by atoms with E-state index in [-0.39, 0.29) is 12.1 Å². The van der Waals surface area contributed by atoms with Crippen LogP contribution in [-0.4, -0.2) is 32.8 Å². The zero-order valence-electron chi connectivity index (χ0n) is 18.2. The van der Waals surface area contributed by atoms with Crippen LogP contribution in [-0.2, 0) is 17.4 Å². The zero-order chi connectivity index (χ0) is 25.0. The summed E-state index contributed by atoms with van der Waals surface area (Å²) in [6, 6.07) is 22.8. The van der Waals surface area contributed by atoms with Gasteiger partial charge in [-0.15, -0.1) is 0 Å². The summed E-state index contributed by atoms with van der Waals surface area (Å²) in [6.07, 6.45) is -4.21. The molecule has 0 unspecified atom stereocenters. The number of carboxylic acid groups (broad SMARTS) is 1. The second kappa shape index (κ2) is 9.84. The standard InChI is InChI=1S/C26H20F3N3O3/c27-26(28,29)23-21(16-30-32(23)20-9-5-2-6-10-20)24(33)31-22(25(34)35)15-17-11-13-19(14-12-17)18-7-3-1-4-8-18/h1-14,16,22H,15H2,(H,31,33)(H,34,35)/t22-/m0/s1. The highest BCUT2D eigenvalue weighted by Crippen LogP contribution is 2.33. The van der Waals surface area contributed by atoms with Gasteiger partial charge < -0.3 is 10.4 Å². The lowest BCUT2D eigenvalue weighted by molar-refractivity contribution is -0.143. The first-order valence-electron chi connectivity index (χ1n) is 10.6. The normalized spacial score (nSPS) is 12.2. The van der Waals surface area contributed by atoms with Crippen molar-refractivity contribution >= 4 is 11.9 Å². The van der Waals surface area contributed by atoms with Gasteiger partial charge in [0.25, 0.3) is 5.91 Å². The molecule has 1 amide bonds. The highest BCUT2D eigenvalue weighted by Gasteiger charge is 2.41. The number of benzene rings is 3. The number of aliphatic carboxylic acids is 1. The molecule has 35 heavy (non-hydrogen) atoms. The molecule has 9 heteroatoms. The Kier molecular flexibility index (Phi) is 6.68. The lowest BCUT2D eigenvalue weighted by atomic mass is 10.0. The van der Waals surface area contributed by atoms with E-state index in [0.717, 1.165) is 17.3 Å². The molecule has 4 rings (SSSR count). The van der Waals surface area contributed by atoms with Crippen LogP contribution < -0.4 is 5.32 Å². The Balaban J connectivity index is 1.56. The number of para-hydroxylation sites is 1. The average Bonchev–Trinajstić information content (AvgIpc) is 3.31. The predicted octanol–water partition coefficient (Wildman–Crippen LogP) is 4.98. The number of amides is 1. The van der Waals surface area contributed by atoms with Gasteiger partial charge in [-0.05, 0) is 28.8 Å². The van der Waals surface area contributed by atoms with Crippen LogP contribution in [0.2, 0.25) is 0 Å². The summed E-state index contributed by atoms with van der Waals surface area (Å²) in [4.78, 5) is 24.6. The maximum atomic E-state index is 13.9. The second-order valence-corrected chi connectivity index (χ2v) is 7.78. The van der Waals surface area contributed by atoms with Gasteiger partial charge in [0.1, 0.15) is 6.04 Å². The van der Waals surface area contributed by atoms with Crippen molar-refractivity contribution in [2.75, 3.05) is 0 Å². The Morgan fingerprint density at radius 1 is 0.886 bits per heavy atom. The highest BCUT2D eigenvalue weighted by atomic mass is 19.4. The van der Waals surface area contributed by atoms with Gasteiger partial charge in [0.2, 0.25) is 0 Å². The van der Waals surface area contributed by atoms with Crippen LogP contribution >= 0.6 is 0 Å². The van der Waals surface area contributed by atoms with E-state index in [1.54, 1.807) is 30.3 Å². The molecule has 1 aromatic heterocycles. The number of alkyl halides is 3. The number of hydrogen-bond donors (Lipinski definition) is 2.